The zero-order valence-electron chi connectivity index (χ0n) is 11.9. The Bertz CT molecular complexity index is 599. The van der Waals surface area contributed by atoms with Crippen molar-refractivity contribution in [3.8, 4) is 5.75 Å². The van der Waals surface area contributed by atoms with Crippen LogP contribution in [-0.4, -0.2) is 19.1 Å². The predicted molar refractivity (Wildman–Crippen MR) is 84.3 cm³/mol. The van der Waals surface area contributed by atoms with Crippen LogP contribution in [0.25, 0.3) is 0 Å². The SMILES string of the molecule is COc1cc(NC(C)C(=O)NCc2ccco2)ccc1Br. The van der Waals surface area contributed by atoms with Gasteiger partial charge in [0.15, 0.2) is 0 Å². The maximum absolute atomic E-state index is 12.0. The molecule has 1 heterocycles. The molecule has 0 fully saturated rings. The summed E-state index contributed by atoms with van der Waals surface area (Å²) in [7, 11) is 1.60. The van der Waals surface area contributed by atoms with Crippen LogP contribution in [0.2, 0.25) is 0 Å². The number of nitrogens with one attached hydrogen (secondary N) is 2. The molecule has 0 aliphatic heterocycles. The maximum atomic E-state index is 12.0. The molecular formula is C15H17BrN2O3. The first-order valence-electron chi connectivity index (χ1n) is 6.50. The summed E-state index contributed by atoms with van der Waals surface area (Å²) in [6.45, 7) is 2.17. The number of halogens is 1. The first kappa shape index (κ1) is 15.4. The van der Waals surface area contributed by atoms with Crippen molar-refractivity contribution >= 4 is 27.5 Å². The minimum Gasteiger partial charge on any atom is -0.495 e. The normalized spacial score (nSPS) is 11.8. The third-order valence-electron chi connectivity index (χ3n) is 2.94. The second-order valence-corrected chi connectivity index (χ2v) is 5.37. The van der Waals surface area contributed by atoms with Crippen LogP contribution in [0.5, 0.6) is 5.75 Å². The fourth-order valence-electron chi connectivity index (χ4n) is 1.81. The van der Waals surface area contributed by atoms with Gasteiger partial charge in [-0.2, -0.15) is 0 Å². The number of rotatable bonds is 6. The highest BCUT2D eigenvalue weighted by Gasteiger charge is 2.13. The third kappa shape index (κ3) is 4.26. The van der Waals surface area contributed by atoms with Crippen LogP contribution >= 0.6 is 15.9 Å². The molecule has 0 spiro atoms. The molecule has 0 saturated carbocycles. The van der Waals surface area contributed by atoms with Crippen molar-refractivity contribution < 1.29 is 13.9 Å². The third-order valence-corrected chi connectivity index (χ3v) is 3.60. The van der Waals surface area contributed by atoms with E-state index in [1.165, 1.54) is 0 Å². The van der Waals surface area contributed by atoms with Gasteiger partial charge in [0.1, 0.15) is 17.6 Å². The van der Waals surface area contributed by atoms with E-state index in [0.717, 1.165) is 15.9 Å². The molecular weight excluding hydrogens is 336 g/mol. The number of amides is 1. The van der Waals surface area contributed by atoms with Gasteiger partial charge in [0, 0.05) is 11.8 Å². The molecule has 2 N–H and O–H groups in total. The molecule has 1 unspecified atom stereocenters. The van der Waals surface area contributed by atoms with Crippen LogP contribution < -0.4 is 15.4 Å². The van der Waals surface area contributed by atoms with E-state index in [9.17, 15) is 4.79 Å². The molecule has 0 aliphatic carbocycles. The van der Waals surface area contributed by atoms with E-state index in [1.807, 2.05) is 24.3 Å². The summed E-state index contributed by atoms with van der Waals surface area (Å²) in [5.74, 6) is 1.33. The highest BCUT2D eigenvalue weighted by Crippen LogP contribution is 2.28. The van der Waals surface area contributed by atoms with Crippen LogP contribution in [0, 0.1) is 0 Å². The largest absolute Gasteiger partial charge is 0.495 e. The number of hydrogen-bond donors (Lipinski definition) is 2. The Labute approximate surface area is 131 Å². The van der Waals surface area contributed by atoms with Crippen molar-refractivity contribution in [2.24, 2.45) is 0 Å². The lowest BCUT2D eigenvalue weighted by Gasteiger charge is -2.16. The molecule has 1 atom stereocenters. The lowest BCUT2D eigenvalue weighted by molar-refractivity contribution is -0.121. The summed E-state index contributed by atoms with van der Waals surface area (Å²) < 4.78 is 11.3. The van der Waals surface area contributed by atoms with Gasteiger partial charge in [-0.15, -0.1) is 0 Å². The minimum atomic E-state index is -0.370. The van der Waals surface area contributed by atoms with Gasteiger partial charge in [-0.25, -0.2) is 0 Å². The monoisotopic (exact) mass is 352 g/mol. The molecule has 2 rings (SSSR count). The number of benzene rings is 1. The van der Waals surface area contributed by atoms with Gasteiger partial charge in [0.25, 0.3) is 0 Å². The Morgan fingerprint density at radius 1 is 1.43 bits per heavy atom. The van der Waals surface area contributed by atoms with Gasteiger partial charge in [0.2, 0.25) is 5.91 Å². The van der Waals surface area contributed by atoms with E-state index < -0.39 is 0 Å². The molecule has 1 aromatic carbocycles. The first-order chi connectivity index (χ1) is 10.1. The number of carbonyl (C=O) groups excluding carboxylic acids is 1. The molecule has 0 saturated heterocycles. The lowest BCUT2D eigenvalue weighted by Crippen LogP contribution is -2.37. The molecule has 0 radical (unpaired) electrons. The maximum Gasteiger partial charge on any atom is 0.242 e. The standard InChI is InChI=1S/C15H17BrN2O3/c1-10(15(19)17-9-12-4-3-7-21-12)18-11-5-6-13(16)14(8-11)20-2/h3-8,10,18H,9H2,1-2H3,(H,17,19). The number of hydrogen-bond acceptors (Lipinski definition) is 4. The topological polar surface area (TPSA) is 63.5 Å². The molecule has 5 nitrogen and oxygen atoms in total. The van der Waals surface area contributed by atoms with Gasteiger partial charge >= 0.3 is 0 Å². The minimum absolute atomic E-state index is 0.103. The van der Waals surface area contributed by atoms with Crippen molar-refractivity contribution in [2.45, 2.75) is 19.5 Å². The Balaban J connectivity index is 1.91. The summed E-state index contributed by atoms with van der Waals surface area (Å²) in [6, 6.07) is 8.82. The van der Waals surface area contributed by atoms with Gasteiger partial charge in [-0.1, -0.05) is 0 Å². The summed E-state index contributed by atoms with van der Waals surface area (Å²) in [5, 5.41) is 5.94. The van der Waals surface area contributed by atoms with Gasteiger partial charge in [-0.3, -0.25) is 4.79 Å². The van der Waals surface area contributed by atoms with Gasteiger partial charge < -0.3 is 19.8 Å². The van der Waals surface area contributed by atoms with Crippen molar-refractivity contribution in [1.29, 1.82) is 0 Å². The van der Waals surface area contributed by atoms with Crippen LogP contribution in [0.1, 0.15) is 12.7 Å². The Morgan fingerprint density at radius 2 is 2.24 bits per heavy atom. The zero-order valence-corrected chi connectivity index (χ0v) is 13.4. The summed E-state index contributed by atoms with van der Waals surface area (Å²) in [5.41, 5.74) is 0.815. The van der Waals surface area contributed by atoms with Crippen molar-refractivity contribution in [1.82, 2.24) is 5.32 Å². The van der Waals surface area contributed by atoms with Crippen LogP contribution in [0.3, 0.4) is 0 Å². The van der Waals surface area contributed by atoms with E-state index in [2.05, 4.69) is 26.6 Å². The summed E-state index contributed by atoms with van der Waals surface area (Å²) in [6.07, 6.45) is 1.58. The van der Waals surface area contributed by atoms with E-state index >= 15 is 0 Å². The van der Waals surface area contributed by atoms with Crippen molar-refractivity contribution in [3.05, 3.63) is 46.8 Å². The van der Waals surface area contributed by atoms with E-state index in [4.69, 9.17) is 9.15 Å². The summed E-state index contributed by atoms with van der Waals surface area (Å²) >= 11 is 3.39. The quantitative estimate of drug-likeness (QED) is 0.837. The molecule has 21 heavy (non-hydrogen) atoms. The highest BCUT2D eigenvalue weighted by atomic mass is 79.9. The van der Waals surface area contributed by atoms with Crippen molar-refractivity contribution in [3.63, 3.8) is 0 Å². The van der Waals surface area contributed by atoms with Gasteiger partial charge in [-0.05, 0) is 47.1 Å². The second-order valence-electron chi connectivity index (χ2n) is 4.51. The average Bonchev–Trinajstić information content (AvgIpc) is 3.00. The number of anilines is 1. The van der Waals surface area contributed by atoms with Gasteiger partial charge in [0.05, 0.1) is 24.4 Å². The molecule has 6 heteroatoms. The average molecular weight is 353 g/mol. The second kappa shape index (κ2) is 7.17. The predicted octanol–water partition coefficient (Wildman–Crippen LogP) is 3.17. The number of ether oxygens (including phenoxy) is 1. The zero-order chi connectivity index (χ0) is 15.2. The Kier molecular flexibility index (Phi) is 5.27. The smallest absolute Gasteiger partial charge is 0.242 e. The first-order valence-corrected chi connectivity index (χ1v) is 7.29. The van der Waals surface area contributed by atoms with E-state index in [1.54, 1.807) is 26.4 Å². The highest BCUT2D eigenvalue weighted by molar-refractivity contribution is 9.10. The van der Waals surface area contributed by atoms with E-state index in [-0.39, 0.29) is 11.9 Å². The number of furan rings is 1. The molecule has 0 bridgehead atoms. The fourth-order valence-corrected chi connectivity index (χ4v) is 2.21. The fraction of sp³-hybridized carbons (Fsp3) is 0.267. The lowest BCUT2D eigenvalue weighted by atomic mass is 10.2. The molecule has 112 valence electrons. The van der Waals surface area contributed by atoms with Crippen LogP contribution in [-0.2, 0) is 11.3 Å². The van der Waals surface area contributed by atoms with Crippen LogP contribution in [0.4, 0.5) is 5.69 Å². The molecule has 1 aromatic heterocycles. The summed E-state index contributed by atoms with van der Waals surface area (Å²) in [4.78, 5) is 12.0. The van der Waals surface area contributed by atoms with E-state index in [0.29, 0.717) is 12.3 Å². The number of carbonyl (C=O) groups is 1. The molecule has 2 aromatic rings. The molecule has 0 aliphatic rings. The Morgan fingerprint density at radius 3 is 2.90 bits per heavy atom. The Hall–Kier alpha value is -1.95. The molecule has 1 amide bonds. The number of methoxy groups -OCH3 is 1. The van der Waals surface area contributed by atoms with Crippen LogP contribution in [0.15, 0.2) is 45.5 Å². The van der Waals surface area contributed by atoms with Crippen molar-refractivity contribution in [2.75, 3.05) is 12.4 Å².